The Balaban J connectivity index is 2.05. The molecule has 0 aliphatic carbocycles. The van der Waals surface area contributed by atoms with Crippen LogP contribution in [0.3, 0.4) is 0 Å². The molecule has 2 aromatic rings. The van der Waals surface area contributed by atoms with E-state index in [9.17, 15) is 4.79 Å². The van der Waals surface area contributed by atoms with Crippen molar-refractivity contribution in [1.82, 2.24) is 9.88 Å². The molecule has 0 N–H and O–H groups in total. The Labute approximate surface area is 117 Å². The lowest BCUT2D eigenvalue weighted by atomic mass is 10.3. The molecule has 4 nitrogen and oxygen atoms in total. The van der Waals surface area contributed by atoms with Crippen LogP contribution in [0, 0.1) is 0 Å². The van der Waals surface area contributed by atoms with Gasteiger partial charge in [-0.05, 0) is 26.0 Å². The average molecular weight is 278 g/mol. The zero-order valence-electron chi connectivity index (χ0n) is 11.4. The van der Waals surface area contributed by atoms with E-state index < -0.39 is 6.10 Å². The van der Waals surface area contributed by atoms with Gasteiger partial charge in [-0.1, -0.05) is 12.1 Å². The summed E-state index contributed by atoms with van der Waals surface area (Å²) in [5.41, 5.74) is 0.987. The van der Waals surface area contributed by atoms with Crippen LogP contribution in [0.25, 0.3) is 10.2 Å². The van der Waals surface area contributed by atoms with Crippen molar-refractivity contribution < 1.29 is 9.53 Å². The number of aromatic nitrogens is 1. The highest BCUT2D eigenvalue weighted by atomic mass is 32.1. The maximum atomic E-state index is 12.0. The van der Waals surface area contributed by atoms with E-state index in [4.69, 9.17) is 4.74 Å². The Morgan fingerprint density at radius 1 is 1.47 bits per heavy atom. The molecule has 0 saturated heterocycles. The van der Waals surface area contributed by atoms with Gasteiger partial charge >= 0.3 is 0 Å². The number of carbonyl (C=O) groups is 1. The molecule has 1 aromatic heterocycles. The first kappa shape index (κ1) is 14.0. The Morgan fingerprint density at radius 2 is 2.21 bits per heavy atom. The molecule has 1 heterocycles. The smallest absolute Gasteiger partial charge is 0.251 e. The van der Waals surface area contributed by atoms with Crippen molar-refractivity contribution in [3.8, 4) is 0 Å². The minimum absolute atomic E-state index is 0.0129. The molecule has 19 heavy (non-hydrogen) atoms. The molecule has 1 amide bonds. The number of amides is 1. The average Bonchev–Trinajstić information content (AvgIpc) is 2.80. The molecule has 0 spiro atoms. The molecule has 1 atom stereocenters. The summed E-state index contributed by atoms with van der Waals surface area (Å²) in [6.45, 7) is 4.73. The van der Waals surface area contributed by atoms with Gasteiger partial charge in [-0.25, -0.2) is 4.98 Å². The molecule has 0 saturated carbocycles. The molecule has 0 fully saturated rings. The molecule has 102 valence electrons. The van der Waals surface area contributed by atoms with Crippen LogP contribution < -0.4 is 0 Å². The van der Waals surface area contributed by atoms with Crippen LogP contribution in [-0.4, -0.2) is 35.5 Å². The van der Waals surface area contributed by atoms with Crippen LogP contribution in [0.4, 0.5) is 0 Å². The lowest BCUT2D eigenvalue weighted by Gasteiger charge is -2.20. The first-order chi connectivity index (χ1) is 9.11. The number of thiazole rings is 1. The van der Waals surface area contributed by atoms with E-state index in [-0.39, 0.29) is 5.91 Å². The number of hydrogen-bond acceptors (Lipinski definition) is 4. The van der Waals surface area contributed by atoms with Crippen molar-refractivity contribution in [2.24, 2.45) is 0 Å². The summed E-state index contributed by atoms with van der Waals surface area (Å²) in [4.78, 5) is 18.2. The van der Waals surface area contributed by atoms with Crippen molar-refractivity contribution in [3.63, 3.8) is 0 Å². The summed E-state index contributed by atoms with van der Waals surface area (Å²) in [5, 5.41) is 0.945. The number of benzene rings is 1. The van der Waals surface area contributed by atoms with Crippen molar-refractivity contribution in [2.75, 3.05) is 13.7 Å². The molecule has 0 aliphatic heterocycles. The molecule has 0 radical (unpaired) electrons. The van der Waals surface area contributed by atoms with Gasteiger partial charge < -0.3 is 9.64 Å². The molecule has 1 aromatic carbocycles. The van der Waals surface area contributed by atoms with Crippen LogP contribution >= 0.6 is 11.3 Å². The number of fused-ring (bicyclic) bond motifs is 1. The molecular formula is C14H18N2O2S. The number of hydrogen-bond donors (Lipinski definition) is 0. The second-order valence-corrected chi connectivity index (χ2v) is 5.48. The fourth-order valence-corrected chi connectivity index (χ4v) is 2.92. The third kappa shape index (κ3) is 3.30. The van der Waals surface area contributed by atoms with Gasteiger partial charge in [0.15, 0.2) is 0 Å². The Kier molecular flexibility index (Phi) is 4.50. The van der Waals surface area contributed by atoms with E-state index in [0.29, 0.717) is 13.2 Å². The molecule has 2 rings (SSSR count). The number of para-hydroxylation sites is 1. The predicted octanol–water partition coefficient (Wildman–Crippen LogP) is 2.68. The lowest BCUT2D eigenvalue weighted by molar-refractivity contribution is -0.141. The number of carbonyl (C=O) groups excluding carboxylic acids is 1. The zero-order chi connectivity index (χ0) is 13.8. The van der Waals surface area contributed by atoms with E-state index in [0.717, 1.165) is 15.2 Å². The van der Waals surface area contributed by atoms with Gasteiger partial charge in [0, 0.05) is 13.7 Å². The molecular weight excluding hydrogens is 260 g/mol. The van der Waals surface area contributed by atoms with Gasteiger partial charge in [0.25, 0.3) is 5.91 Å². The third-order valence-electron chi connectivity index (χ3n) is 2.85. The van der Waals surface area contributed by atoms with E-state index in [2.05, 4.69) is 4.98 Å². The molecule has 0 bridgehead atoms. The number of ether oxygens (including phenoxy) is 1. The molecule has 0 unspecified atom stereocenters. The van der Waals surface area contributed by atoms with Gasteiger partial charge in [0.2, 0.25) is 0 Å². The number of nitrogens with zero attached hydrogens (tertiary/aromatic N) is 2. The summed E-state index contributed by atoms with van der Waals surface area (Å²) in [5.74, 6) is -0.0129. The lowest BCUT2D eigenvalue weighted by Crippen LogP contribution is -2.35. The first-order valence-corrected chi connectivity index (χ1v) is 7.14. The first-order valence-electron chi connectivity index (χ1n) is 6.33. The van der Waals surface area contributed by atoms with Gasteiger partial charge in [-0.15, -0.1) is 11.3 Å². The zero-order valence-corrected chi connectivity index (χ0v) is 12.2. The Hall–Kier alpha value is -1.46. The second kappa shape index (κ2) is 6.12. The maximum Gasteiger partial charge on any atom is 0.251 e. The van der Waals surface area contributed by atoms with Crippen molar-refractivity contribution in [2.45, 2.75) is 26.5 Å². The number of rotatable bonds is 5. The standard InChI is InChI=1S/C14H18N2O2S/c1-4-18-10(2)14(17)16(3)9-13-15-11-7-5-6-8-12(11)19-13/h5-8,10H,4,9H2,1-3H3/t10-/m1/s1. The predicted molar refractivity (Wildman–Crippen MR) is 77.2 cm³/mol. The topological polar surface area (TPSA) is 42.4 Å². The van der Waals surface area contributed by atoms with Crippen LogP contribution in [0.15, 0.2) is 24.3 Å². The quantitative estimate of drug-likeness (QED) is 0.844. The summed E-state index contributed by atoms with van der Waals surface area (Å²) >= 11 is 1.62. The van der Waals surface area contributed by atoms with Crippen LogP contribution in [-0.2, 0) is 16.1 Å². The fourth-order valence-electron chi connectivity index (χ4n) is 1.90. The maximum absolute atomic E-state index is 12.0. The fraction of sp³-hybridized carbons (Fsp3) is 0.429. The second-order valence-electron chi connectivity index (χ2n) is 4.37. The summed E-state index contributed by atoms with van der Waals surface area (Å²) in [6, 6.07) is 8.00. The van der Waals surface area contributed by atoms with Crippen molar-refractivity contribution in [1.29, 1.82) is 0 Å². The SMILES string of the molecule is CCO[C@H](C)C(=O)N(C)Cc1nc2ccccc2s1. The Bertz CT molecular complexity index is 534. The van der Waals surface area contributed by atoms with Gasteiger partial charge in [0.1, 0.15) is 11.1 Å². The van der Waals surface area contributed by atoms with E-state index >= 15 is 0 Å². The minimum Gasteiger partial charge on any atom is -0.369 e. The van der Waals surface area contributed by atoms with Crippen LogP contribution in [0.5, 0.6) is 0 Å². The van der Waals surface area contributed by atoms with Gasteiger partial charge in [0.05, 0.1) is 16.8 Å². The van der Waals surface area contributed by atoms with Crippen LogP contribution in [0.1, 0.15) is 18.9 Å². The summed E-state index contributed by atoms with van der Waals surface area (Å²) in [7, 11) is 1.78. The van der Waals surface area contributed by atoms with E-state index in [1.165, 1.54) is 0 Å². The van der Waals surface area contributed by atoms with Crippen LogP contribution in [0.2, 0.25) is 0 Å². The highest BCUT2D eigenvalue weighted by Gasteiger charge is 2.18. The van der Waals surface area contributed by atoms with Crippen molar-refractivity contribution in [3.05, 3.63) is 29.3 Å². The normalized spacial score (nSPS) is 12.6. The van der Waals surface area contributed by atoms with E-state index in [1.807, 2.05) is 31.2 Å². The highest BCUT2D eigenvalue weighted by Crippen LogP contribution is 2.22. The highest BCUT2D eigenvalue weighted by molar-refractivity contribution is 7.18. The molecule has 0 aliphatic rings. The van der Waals surface area contributed by atoms with Gasteiger partial charge in [-0.3, -0.25) is 4.79 Å². The van der Waals surface area contributed by atoms with Crippen molar-refractivity contribution >= 4 is 27.5 Å². The largest absolute Gasteiger partial charge is 0.369 e. The third-order valence-corrected chi connectivity index (χ3v) is 3.87. The molecule has 5 heteroatoms. The summed E-state index contributed by atoms with van der Waals surface area (Å²) in [6.07, 6.45) is -0.399. The van der Waals surface area contributed by atoms with Gasteiger partial charge in [-0.2, -0.15) is 0 Å². The summed E-state index contributed by atoms with van der Waals surface area (Å²) < 4.78 is 6.46. The Morgan fingerprint density at radius 3 is 2.89 bits per heavy atom. The monoisotopic (exact) mass is 278 g/mol. The number of likely N-dealkylation sites (N-methyl/N-ethyl adjacent to an activating group) is 1. The van der Waals surface area contributed by atoms with E-state index in [1.54, 1.807) is 30.2 Å². The minimum atomic E-state index is -0.399.